The Hall–Kier alpha value is -9.04. The van der Waals surface area contributed by atoms with Gasteiger partial charge in [-0.15, -0.1) is 0 Å². The number of anilines is 5. The predicted octanol–water partition coefficient (Wildman–Crippen LogP) is 9.64. The van der Waals surface area contributed by atoms with E-state index in [1.807, 2.05) is 48.5 Å². The first-order valence-electron chi connectivity index (χ1n) is 23.3. The fourth-order valence-electron chi connectivity index (χ4n) is 10.2. The maximum Gasteiger partial charge on any atom is 0.411 e. The molecule has 1 saturated carbocycles. The zero-order chi connectivity index (χ0) is 52.8. The number of imidazole rings is 2. The molecule has 3 unspecified atom stereocenters. The summed E-state index contributed by atoms with van der Waals surface area (Å²) < 4.78 is 43.3. The molecule has 2 aliphatic heterocycles. The lowest BCUT2D eigenvalue weighted by molar-refractivity contribution is -0.123. The highest BCUT2D eigenvalue weighted by molar-refractivity contribution is 6.31. The number of nitrogens with two attached hydrogens (primary N) is 1. The van der Waals surface area contributed by atoms with Gasteiger partial charge in [-0.3, -0.25) is 29.5 Å². The van der Waals surface area contributed by atoms with Crippen molar-refractivity contribution in [1.82, 2.24) is 19.9 Å². The summed E-state index contributed by atoms with van der Waals surface area (Å²) in [4.78, 5) is 68.7. The molecule has 12 rings (SSSR count). The lowest BCUT2D eigenvalue weighted by Gasteiger charge is -2.35. The van der Waals surface area contributed by atoms with Crippen LogP contribution in [0.3, 0.4) is 0 Å². The van der Waals surface area contributed by atoms with Gasteiger partial charge >= 0.3 is 6.09 Å². The monoisotopic (exact) mass is 1030 g/mol. The fraction of sp³-hybridized carbons (Fsp3) is 0.127. The summed E-state index contributed by atoms with van der Waals surface area (Å²) in [6.07, 6.45) is -2.01. The lowest BCUT2D eigenvalue weighted by Crippen LogP contribution is -2.45. The number of rotatable bonds is 10. The molecular weight excluding hydrogens is 991 g/mol. The summed E-state index contributed by atoms with van der Waals surface area (Å²) >= 11 is 5.96. The third kappa shape index (κ3) is 7.45. The molecule has 75 heavy (non-hydrogen) atoms. The number of hydrogen-bond donors (Lipinski definition) is 7. The van der Waals surface area contributed by atoms with Gasteiger partial charge in [-0.2, -0.15) is 0 Å². The summed E-state index contributed by atoms with van der Waals surface area (Å²) in [7, 11) is 0. The molecule has 1 aliphatic carbocycles. The van der Waals surface area contributed by atoms with Crippen molar-refractivity contribution in [2.24, 2.45) is 5.73 Å². The van der Waals surface area contributed by atoms with Gasteiger partial charge < -0.3 is 35.9 Å². The number of carboxylic acid groups (broad SMARTS) is 1. The van der Waals surface area contributed by atoms with Crippen molar-refractivity contribution >= 4 is 86.2 Å². The number of aromatic amines is 2. The van der Waals surface area contributed by atoms with E-state index in [0.717, 1.165) is 16.3 Å². The first kappa shape index (κ1) is 48.2. The number of para-hydroxylation sites is 1. The summed E-state index contributed by atoms with van der Waals surface area (Å²) in [5.41, 5.74) is 4.43. The van der Waals surface area contributed by atoms with Crippen molar-refractivity contribution in [1.29, 1.82) is 0 Å². The third-order valence-electron chi connectivity index (χ3n) is 13.9. The first-order valence-corrected chi connectivity index (χ1v) is 23.7. The van der Waals surface area contributed by atoms with Crippen molar-refractivity contribution in [3.63, 3.8) is 0 Å². The number of carbonyl (C=O) groups excluding carboxylic acids is 3. The Balaban J connectivity index is 0.000000161. The average molecular weight is 1030 g/mol. The number of fused-ring (bicyclic) bond motifs is 4. The summed E-state index contributed by atoms with van der Waals surface area (Å²) in [6, 6.07) is 44.2. The molecule has 20 heteroatoms. The highest BCUT2D eigenvalue weighted by atomic mass is 35.5. The number of benzene rings is 7. The van der Waals surface area contributed by atoms with Crippen LogP contribution in [0.25, 0.3) is 22.1 Å². The molecular formula is C55H41ClF3N9O7. The molecule has 2 aromatic heterocycles. The van der Waals surface area contributed by atoms with Gasteiger partial charge in [-0.25, -0.2) is 27.9 Å². The molecule has 4 amide bonds. The minimum atomic E-state index is -3.34. The number of aromatic nitrogens is 4. The minimum Gasteiger partial charge on any atom is -0.465 e. The van der Waals surface area contributed by atoms with Gasteiger partial charge in [-0.1, -0.05) is 90.5 Å². The van der Waals surface area contributed by atoms with Crippen molar-refractivity contribution < 1.29 is 47.7 Å². The number of amides is 4. The smallest absolute Gasteiger partial charge is 0.411 e. The molecule has 376 valence electrons. The Labute approximate surface area is 428 Å². The SMILES string of the molecule is CCN(c1ccccc1)c1cccc(N2C(=O)c3ccccc3C2(O)c2ccc3nc(NC(=O)O)[nH]c3c2)c1.NC(=O)C1(c2nc3ccc(C4(O)c5ccccc5C(=O)N4c4cccc(Cl)c4F)cc3[nH]2)CC1(F)F. The van der Waals surface area contributed by atoms with Gasteiger partial charge in [0, 0.05) is 63.4 Å². The van der Waals surface area contributed by atoms with Gasteiger partial charge in [0.25, 0.3) is 17.7 Å². The van der Waals surface area contributed by atoms with Crippen LogP contribution in [-0.4, -0.2) is 71.5 Å². The Morgan fingerprint density at radius 2 is 1.27 bits per heavy atom. The maximum atomic E-state index is 15.1. The van der Waals surface area contributed by atoms with Crippen LogP contribution in [0.15, 0.2) is 158 Å². The van der Waals surface area contributed by atoms with E-state index in [1.54, 1.807) is 60.7 Å². The molecule has 7 aromatic carbocycles. The van der Waals surface area contributed by atoms with Gasteiger partial charge in [-0.05, 0) is 85.8 Å². The van der Waals surface area contributed by atoms with Gasteiger partial charge in [0.2, 0.25) is 11.9 Å². The van der Waals surface area contributed by atoms with Crippen LogP contribution in [0.1, 0.15) is 62.1 Å². The van der Waals surface area contributed by atoms with E-state index in [2.05, 4.69) is 37.1 Å². The fourth-order valence-corrected chi connectivity index (χ4v) is 10.4. The molecule has 0 bridgehead atoms. The number of nitrogens with zero attached hydrogens (tertiary/aromatic N) is 5. The van der Waals surface area contributed by atoms with E-state index in [0.29, 0.717) is 40.0 Å². The Bertz CT molecular complexity index is 3840. The number of aliphatic hydroxyl groups is 2. The van der Waals surface area contributed by atoms with Gasteiger partial charge in [0.1, 0.15) is 5.82 Å². The summed E-state index contributed by atoms with van der Waals surface area (Å²) in [6.45, 7) is 2.76. The molecule has 16 nitrogen and oxygen atoms in total. The average Bonchev–Trinajstić information content (AvgIpc) is 3.85. The van der Waals surface area contributed by atoms with E-state index >= 15 is 4.39 Å². The molecule has 0 radical (unpaired) electrons. The van der Waals surface area contributed by atoms with Crippen LogP contribution < -0.4 is 25.8 Å². The predicted molar refractivity (Wildman–Crippen MR) is 274 cm³/mol. The Morgan fingerprint density at radius 1 is 0.720 bits per heavy atom. The maximum absolute atomic E-state index is 15.1. The van der Waals surface area contributed by atoms with Crippen LogP contribution in [-0.2, 0) is 21.7 Å². The number of nitrogens with one attached hydrogen (secondary N) is 3. The lowest BCUT2D eigenvalue weighted by atomic mass is 9.93. The number of alkyl halides is 2. The standard InChI is InChI=1S/C30H25N5O4.C25H16ClF3N4O3/c1-2-34(20-9-4-3-5-10-20)21-11-8-12-22(18-21)35-27(36)23-13-6-7-14-24(23)30(35,39)19-15-16-25-26(17-19)32-28(31-25)33-29(37)38;26-15-6-3-7-18(19(15)27)33-20(34)13-4-1-2-5-14(13)25(33,36)12-8-9-16-17(10-12)32-22(31-16)23(21(30)35)11-24(23,28)29/h3-18,39H,2H2,1H3,(H,37,38)(H2,31,32,33);1-10,36H,11H2,(H2,30,35)(H,31,32). The largest absolute Gasteiger partial charge is 0.465 e. The van der Waals surface area contributed by atoms with Crippen LogP contribution in [0, 0.1) is 5.82 Å². The number of H-pyrrole nitrogens is 2. The van der Waals surface area contributed by atoms with E-state index < -0.39 is 52.9 Å². The minimum absolute atomic E-state index is 0.0645. The Kier molecular flexibility index (Phi) is 11.3. The normalized spacial score (nSPS) is 20.1. The Morgan fingerprint density at radius 3 is 1.87 bits per heavy atom. The molecule has 1 fully saturated rings. The molecule has 9 aromatic rings. The van der Waals surface area contributed by atoms with Crippen LogP contribution in [0.5, 0.6) is 0 Å². The van der Waals surface area contributed by atoms with Crippen LogP contribution >= 0.6 is 11.6 Å². The van der Waals surface area contributed by atoms with Crippen molar-refractivity contribution in [3.8, 4) is 0 Å². The van der Waals surface area contributed by atoms with Crippen LogP contribution in [0.4, 0.5) is 46.7 Å². The zero-order valence-electron chi connectivity index (χ0n) is 39.2. The molecule has 0 saturated heterocycles. The number of carbonyl (C=O) groups is 4. The second-order valence-electron chi connectivity index (χ2n) is 18.1. The van der Waals surface area contributed by atoms with Gasteiger partial charge in [0.05, 0.1) is 32.8 Å². The molecule has 8 N–H and O–H groups in total. The van der Waals surface area contributed by atoms with Crippen molar-refractivity contribution in [3.05, 3.63) is 208 Å². The molecule has 3 atom stereocenters. The molecule has 3 aliphatic rings. The second kappa shape index (κ2) is 17.6. The summed E-state index contributed by atoms with van der Waals surface area (Å²) in [5, 5.41) is 35.6. The summed E-state index contributed by atoms with van der Waals surface area (Å²) in [5.74, 6) is -6.66. The molecule has 0 spiro atoms. The topological polar surface area (TPSA) is 234 Å². The number of primary amides is 1. The van der Waals surface area contributed by atoms with E-state index in [4.69, 9.17) is 22.4 Å². The number of hydrogen-bond acceptors (Lipinski definition) is 9. The second-order valence-corrected chi connectivity index (χ2v) is 18.5. The zero-order valence-corrected chi connectivity index (χ0v) is 40.0. The quantitative estimate of drug-likeness (QED) is 0.0685. The highest BCUT2D eigenvalue weighted by Crippen LogP contribution is 2.61. The number of halogens is 4. The van der Waals surface area contributed by atoms with E-state index in [9.17, 15) is 38.2 Å². The van der Waals surface area contributed by atoms with Crippen molar-refractivity contribution in [2.75, 3.05) is 26.6 Å². The van der Waals surface area contributed by atoms with Gasteiger partial charge in [0.15, 0.2) is 22.7 Å². The van der Waals surface area contributed by atoms with Crippen molar-refractivity contribution in [2.45, 2.75) is 36.1 Å². The molecule has 4 heterocycles. The van der Waals surface area contributed by atoms with Crippen LogP contribution in [0.2, 0.25) is 5.02 Å². The third-order valence-corrected chi connectivity index (χ3v) is 14.2. The van der Waals surface area contributed by atoms with E-state index in [1.165, 1.54) is 53.4 Å². The first-order chi connectivity index (χ1) is 35.9. The van der Waals surface area contributed by atoms with E-state index in [-0.39, 0.29) is 56.1 Å². The highest BCUT2D eigenvalue weighted by Gasteiger charge is 2.78.